The lowest BCUT2D eigenvalue weighted by molar-refractivity contribution is 0.102. The summed E-state index contributed by atoms with van der Waals surface area (Å²) in [5.41, 5.74) is 1.24. The third-order valence-electron chi connectivity index (χ3n) is 3.35. The van der Waals surface area contributed by atoms with E-state index in [9.17, 15) is 4.79 Å². The zero-order valence-corrected chi connectivity index (χ0v) is 12.9. The fourth-order valence-corrected chi connectivity index (χ4v) is 2.77. The summed E-state index contributed by atoms with van der Waals surface area (Å²) < 4.78 is 2.67. The smallest absolute Gasteiger partial charge is 0.279 e. The third kappa shape index (κ3) is 2.24. The Morgan fingerprint density at radius 2 is 2.25 bits per heavy atom. The molecule has 1 aliphatic rings. The number of aryl methyl sites for hydroxylation is 2. The highest BCUT2D eigenvalue weighted by molar-refractivity contribution is 9.10. The van der Waals surface area contributed by atoms with E-state index in [4.69, 9.17) is 0 Å². The van der Waals surface area contributed by atoms with Gasteiger partial charge in [-0.1, -0.05) is 6.92 Å². The predicted octanol–water partition coefficient (Wildman–Crippen LogP) is 2.22. The van der Waals surface area contributed by atoms with E-state index in [0.29, 0.717) is 22.2 Å². The molecule has 0 aliphatic heterocycles. The Kier molecular flexibility index (Phi) is 3.33. The number of H-pyrrole nitrogens is 1. The van der Waals surface area contributed by atoms with E-state index in [0.717, 1.165) is 30.8 Å². The molecule has 2 aromatic heterocycles. The van der Waals surface area contributed by atoms with Crippen molar-refractivity contribution in [2.75, 3.05) is 5.32 Å². The van der Waals surface area contributed by atoms with E-state index in [2.05, 4.69) is 41.6 Å². The maximum absolute atomic E-state index is 12.3. The second-order valence-corrected chi connectivity index (χ2v) is 5.64. The highest BCUT2D eigenvalue weighted by Crippen LogP contribution is 2.37. The molecule has 1 saturated carbocycles. The van der Waals surface area contributed by atoms with Gasteiger partial charge in [-0.15, -0.1) is 10.2 Å². The Morgan fingerprint density at radius 1 is 1.50 bits per heavy atom. The molecule has 0 radical (unpaired) electrons. The minimum Gasteiger partial charge on any atom is -0.294 e. The van der Waals surface area contributed by atoms with Crippen molar-refractivity contribution in [1.82, 2.24) is 25.0 Å². The first-order valence-electron chi connectivity index (χ1n) is 6.57. The summed E-state index contributed by atoms with van der Waals surface area (Å²) in [5.74, 6) is 1.02. The number of hydrogen-bond acceptors (Lipinski definition) is 4. The lowest BCUT2D eigenvalue weighted by Gasteiger charge is -2.07. The zero-order chi connectivity index (χ0) is 14.3. The van der Waals surface area contributed by atoms with Crippen LogP contribution in [0, 0.1) is 6.92 Å². The zero-order valence-electron chi connectivity index (χ0n) is 11.3. The van der Waals surface area contributed by atoms with Gasteiger partial charge in [0.05, 0.1) is 4.47 Å². The maximum atomic E-state index is 12.3. The number of hydrogen-bond donors (Lipinski definition) is 2. The summed E-state index contributed by atoms with van der Waals surface area (Å²) >= 11 is 3.39. The molecular formula is C12H15BrN6O. The average molecular weight is 339 g/mol. The van der Waals surface area contributed by atoms with Gasteiger partial charge in [0.1, 0.15) is 5.82 Å². The maximum Gasteiger partial charge on any atom is 0.279 e. The number of carbonyl (C=O) groups is 1. The number of aromatic nitrogens is 5. The Labute approximate surface area is 124 Å². The van der Waals surface area contributed by atoms with Crippen LogP contribution in [-0.4, -0.2) is 30.9 Å². The van der Waals surface area contributed by atoms with Crippen molar-refractivity contribution >= 4 is 27.8 Å². The standard InChI is InChI=1S/C12H15BrN6O/c1-3-8-9(13)10(17-16-8)11(20)14-12-18-15-6(2)19(12)7-4-5-7/h7H,3-5H2,1-2H3,(H,16,17)(H,14,18,20). The molecule has 3 rings (SSSR count). The lowest BCUT2D eigenvalue weighted by Crippen LogP contribution is -2.17. The normalized spacial score (nSPS) is 14.6. The first kappa shape index (κ1) is 13.3. The van der Waals surface area contributed by atoms with Crippen LogP contribution in [0.5, 0.6) is 0 Å². The van der Waals surface area contributed by atoms with Crippen molar-refractivity contribution in [2.45, 2.75) is 39.2 Å². The van der Waals surface area contributed by atoms with Crippen molar-refractivity contribution in [1.29, 1.82) is 0 Å². The van der Waals surface area contributed by atoms with Crippen LogP contribution >= 0.6 is 15.9 Å². The van der Waals surface area contributed by atoms with E-state index in [1.54, 1.807) is 0 Å². The van der Waals surface area contributed by atoms with Crippen LogP contribution in [0.1, 0.15) is 47.8 Å². The van der Waals surface area contributed by atoms with E-state index in [1.165, 1.54) is 0 Å². The third-order valence-corrected chi connectivity index (χ3v) is 4.20. The molecule has 1 amide bonds. The average Bonchev–Trinajstić information content (AvgIpc) is 3.09. The minimum absolute atomic E-state index is 0.290. The molecule has 2 aromatic rings. The van der Waals surface area contributed by atoms with Gasteiger partial charge in [-0.25, -0.2) is 0 Å². The number of aromatic amines is 1. The Hall–Kier alpha value is -1.70. The molecule has 20 heavy (non-hydrogen) atoms. The van der Waals surface area contributed by atoms with Gasteiger partial charge < -0.3 is 0 Å². The molecule has 1 aliphatic carbocycles. The number of nitrogens with one attached hydrogen (secondary N) is 2. The van der Waals surface area contributed by atoms with Crippen LogP contribution in [0.2, 0.25) is 0 Å². The van der Waals surface area contributed by atoms with Crippen LogP contribution in [-0.2, 0) is 6.42 Å². The number of halogens is 1. The predicted molar refractivity (Wildman–Crippen MR) is 76.6 cm³/mol. The van der Waals surface area contributed by atoms with E-state index in [1.807, 2.05) is 18.4 Å². The Bertz CT molecular complexity index is 657. The highest BCUT2D eigenvalue weighted by atomic mass is 79.9. The second-order valence-electron chi connectivity index (χ2n) is 4.84. The SMILES string of the molecule is CCc1[nH]nc(C(=O)Nc2nnc(C)n2C2CC2)c1Br. The van der Waals surface area contributed by atoms with Gasteiger partial charge >= 0.3 is 0 Å². The first-order valence-corrected chi connectivity index (χ1v) is 7.36. The Balaban J connectivity index is 1.84. The highest BCUT2D eigenvalue weighted by Gasteiger charge is 2.29. The van der Waals surface area contributed by atoms with Crippen LogP contribution in [0.3, 0.4) is 0 Å². The van der Waals surface area contributed by atoms with Gasteiger partial charge in [-0.2, -0.15) is 5.10 Å². The minimum atomic E-state index is -0.290. The largest absolute Gasteiger partial charge is 0.294 e. The van der Waals surface area contributed by atoms with Crippen molar-refractivity contribution < 1.29 is 4.79 Å². The van der Waals surface area contributed by atoms with Crippen molar-refractivity contribution in [2.24, 2.45) is 0 Å². The summed E-state index contributed by atoms with van der Waals surface area (Å²) in [7, 11) is 0. The van der Waals surface area contributed by atoms with Gasteiger partial charge in [0.25, 0.3) is 5.91 Å². The van der Waals surface area contributed by atoms with Gasteiger partial charge in [0, 0.05) is 11.7 Å². The lowest BCUT2D eigenvalue weighted by atomic mass is 10.3. The van der Waals surface area contributed by atoms with Gasteiger partial charge in [-0.05, 0) is 42.1 Å². The van der Waals surface area contributed by atoms with E-state index < -0.39 is 0 Å². The number of nitrogens with zero attached hydrogens (tertiary/aromatic N) is 4. The summed E-state index contributed by atoms with van der Waals surface area (Å²) in [4.78, 5) is 12.3. The summed E-state index contributed by atoms with van der Waals surface area (Å²) in [6.45, 7) is 3.88. The molecule has 8 heteroatoms. The van der Waals surface area contributed by atoms with Crippen LogP contribution in [0.15, 0.2) is 4.47 Å². The van der Waals surface area contributed by atoms with Gasteiger partial charge in [-0.3, -0.25) is 19.8 Å². The molecule has 0 spiro atoms. The van der Waals surface area contributed by atoms with Crippen molar-refractivity contribution in [3.8, 4) is 0 Å². The fraction of sp³-hybridized carbons (Fsp3) is 0.500. The van der Waals surface area contributed by atoms with Gasteiger partial charge in [0.2, 0.25) is 5.95 Å². The first-order chi connectivity index (χ1) is 9.61. The molecule has 0 bridgehead atoms. The molecule has 106 valence electrons. The number of rotatable bonds is 4. The fourth-order valence-electron chi connectivity index (χ4n) is 2.13. The van der Waals surface area contributed by atoms with E-state index in [-0.39, 0.29) is 5.91 Å². The topological polar surface area (TPSA) is 88.5 Å². The monoisotopic (exact) mass is 338 g/mol. The molecule has 2 heterocycles. The van der Waals surface area contributed by atoms with Crippen molar-refractivity contribution in [3.05, 3.63) is 21.7 Å². The van der Waals surface area contributed by atoms with Crippen molar-refractivity contribution in [3.63, 3.8) is 0 Å². The van der Waals surface area contributed by atoms with Crippen LogP contribution in [0.4, 0.5) is 5.95 Å². The molecule has 0 atom stereocenters. The molecule has 0 unspecified atom stereocenters. The van der Waals surface area contributed by atoms with Gasteiger partial charge in [0.15, 0.2) is 5.69 Å². The number of anilines is 1. The molecular weight excluding hydrogens is 324 g/mol. The molecule has 7 nitrogen and oxygen atoms in total. The van der Waals surface area contributed by atoms with Crippen LogP contribution < -0.4 is 5.32 Å². The molecule has 0 saturated heterocycles. The van der Waals surface area contributed by atoms with E-state index >= 15 is 0 Å². The molecule has 2 N–H and O–H groups in total. The second kappa shape index (κ2) is 5.01. The summed E-state index contributed by atoms with van der Waals surface area (Å²) in [6.07, 6.45) is 2.99. The quantitative estimate of drug-likeness (QED) is 0.894. The summed E-state index contributed by atoms with van der Waals surface area (Å²) in [6, 6.07) is 0.411. The molecule has 1 fully saturated rings. The number of carbonyl (C=O) groups excluding carboxylic acids is 1. The summed E-state index contributed by atoms with van der Waals surface area (Å²) in [5, 5.41) is 17.7. The molecule has 0 aromatic carbocycles. The van der Waals surface area contributed by atoms with Crippen LogP contribution in [0.25, 0.3) is 0 Å². The Morgan fingerprint density at radius 3 is 2.85 bits per heavy atom. The number of amides is 1.